The second-order valence-electron chi connectivity index (χ2n) is 7.54. The Hall–Kier alpha value is -1.77. The number of carbonyl (C=O) groups is 1. The van der Waals surface area contributed by atoms with E-state index >= 15 is 0 Å². The molecule has 0 bridgehead atoms. The number of alkyl halides is 6. The van der Waals surface area contributed by atoms with Crippen molar-refractivity contribution in [2.75, 3.05) is 19.7 Å². The van der Waals surface area contributed by atoms with Gasteiger partial charge in [0.05, 0.1) is 24.0 Å². The Morgan fingerprint density at radius 2 is 1.72 bits per heavy atom. The van der Waals surface area contributed by atoms with E-state index in [0.29, 0.717) is 0 Å². The Morgan fingerprint density at radius 3 is 2.24 bits per heavy atom. The third kappa shape index (κ3) is 6.10. The third-order valence-electron chi connectivity index (χ3n) is 5.47. The number of likely N-dealkylation sites (tertiary alicyclic amines) is 1. The minimum Gasteiger partial charge on any atom is -0.466 e. The summed E-state index contributed by atoms with van der Waals surface area (Å²) in [5.41, 5.74) is -2.01. The van der Waals surface area contributed by atoms with Crippen molar-refractivity contribution < 1.29 is 35.9 Å². The summed E-state index contributed by atoms with van der Waals surface area (Å²) in [5.74, 6) is -0.597. The number of ether oxygens (including phenoxy) is 1. The van der Waals surface area contributed by atoms with Crippen LogP contribution in [0.3, 0.4) is 0 Å². The van der Waals surface area contributed by atoms with Crippen LogP contribution in [0.5, 0.6) is 0 Å². The molecule has 1 saturated heterocycles. The van der Waals surface area contributed by atoms with Crippen LogP contribution in [0.1, 0.15) is 44.2 Å². The van der Waals surface area contributed by atoms with Crippen molar-refractivity contribution in [3.8, 4) is 0 Å². The molecule has 29 heavy (non-hydrogen) atoms. The van der Waals surface area contributed by atoms with Crippen LogP contribution < -0.4 is 0 Å². The molecule has 1 fully saturated rings. The molecule has 9 heteroatoms. The molecule has 1 aromatic rings. The van der Waals surface area contributed by atoms with Gasteiger partial charge in [0.2, 0.25) is 0 Å². The first-order valence-corrected chi connectivity index (χ1v) is 9.51. The number of esters is 1. The molecule has 164 valence electrons. The quantitative estimate of drug-likeness (QED) is 0.462. The topological polar surface area (TPSA) is 29.5 Å². The number of halogens is 6. The summed E-state index contributed by atoms with van der Waals surface area (Å²) >= 11 is 0. The molecule has 0 saturated carbocycles. The molecule has 0 spiro atoms. The number of hydrogen-bond donors (Lipinski definition) is 0. The first kappa shape index (κ1) is 23.5. The number of benzene rings is 1. The lowest BCUT2D eigenvalue weighted by Gasteiger charge is -2.42. The highest BCUT2D eigenvalue weighted by molar-refractivity contribution is 5.77. The van der Waals surface area contributed by atoms with Gasteiger partial charge in [0.25, 0.3) is 0 Å². The molecule has 2 rings (SSSR count). The van der Waals surface area contributed by atoms with E-state index in [2.05, 4.69) is 0 Å². The Kier molecular flexibility index (Phi) is 7.24. The summed E-state index contributed by atoms with van der Waals surface area (Å²) in [7, 11) is 0. The van der Waals surface area contributed by atoms with Gasteiger partial charge in [-0.3, -0.25) is 4.79 Å². The predicted molar refractivity (Wildman–Crippen MR) is 95.2 cm³/mol. The van der Waals surface area contributed by atoms with Crippen LogP contribution in [0.25, 0.3) is 0 Å². The maximum atomic E-state index is 13.4. The zero-order chi connectivity index (χ0) is 21.9. The molecule has 1 aliphatic heterocycles. The average Bonchev–Trinajstić information content (AvgIpc) is 2.60. The minimum absolute atomic E-state index is 0.00940. The summed E-state index contributed by atoms with van der Waals surface area (Å²) in [6, 6.07) is 4.30. The smallest absolute Gasteiger partial charge is 0.416 e. The van der Waals surface area contributed by atoms with Crippen LogP contribution in [0.15, 0.2) is 24.3 Å². The largest absolute Gasteiger partial charge is 0.466 e. The van der Waals surface area contributed by atoms with Crippen molar-refractivity contribution in [3.63, 3.8) is 0 Å². The number of hydrogen-bond acceptors (Lipinski definition) is 3. The maximum Gasteiger partial charge on any atom is 0.416 e. The summed E-state index contributed by atoms with van der Waals surface area (Å²) in [6.07, 6.45) is -9.73. The lowest BCUT2D eigenvalue weighted by Crippen LogP contribution is -2.49. The fourth-order valence-corrected chi connectivity index (χ4v) is 3.91. The van der Waals surface area contributed by atoms with Gasteiger partial charge >= 0.3 is 18.3 Å². The summed E-state index contributed by atoms with van der Waals surface area (Å²) in [4.78, 5) is 14.3. The van der Waals surface area contributed by atoms with E-state index in [9.17, 15) is 31.1 Å². The SMILES string of the molecule is CCOC(=O)C1(Cc2ccccc2C(F)(F)F)CCN([C@H](C)CC(F)(F)F)CC1. The Bertz CT molecular complexity index is 693. The standard InChI is InChI=1S/C20H25F6NO2/c1-3-29-17(28)18(13-15-6-4-5-7-16(15)20(24,25)26)8-10-27(11-9-18)14(2)12-19(21,22)23/h4-7,14H,3,8-13H2,1-2H3/t14-/m1/s1. The van der Waals surface area contributed by atoms with E-state index in [0.717, 1.165) is 6.07 Å². The van der Waals surface area contributed by atoms with Gasteiger partial charge in [0.15, 0.2) is 0 Å². The van der Waals surface area contributed by atoms with Gasteiger partial charge in [-0.1, -0.05) is 18.2 Å². The molecule has 0 aromatic heterocycles. The summed E-state index contributed by atoms with van der Waals surface area (Å²) in [5, 5.41) is 0. The molecule has 1 aromatic carbocycles. The van der Waals surface area contributed by atoms with Crippen LogP contribution in [-0.2, 0) is 22.1 Å². The molecule has 0 radical (unpaired) electrons. The van der Waals surface area contributed by atoms with E-state index in [4.69, 9.17) is 4.74 Å². The van der Waals surface area contributed by atoms with Crippen molar-refractivity contribution in [1.29, 1.82) is 0 Å². The van der Waals surface area contributed by atoms with Crippen LogP contribution in [0.4, 0.5) is 26.3 Å². The van der Waals surface area contributed by atoms with Crippen LogP contribution >= 0.6 is 0 Å². The summed E-state index contributed by atoms with van der Waals surface area (Å²) < 4.78 is 83.3. The Balaban J connectivity index is 2.24. The van der Waals surface area contributed by atoms with E-state index in [1.54, 1.807) is 11.8 Å². The molecule has 0 unspecified atom stereocenters. The molecule has 1 heterocycles. The van der Waals surface area contributed by atoms with Gasteiger partial charge in [0, 0.05) is 6.04 Å². The zero-order valence-corrected chi connectivity index (χ0v) is 16.4. The molecular weight excluding hydrogens is 400 g/mol. The van der Waals surface area contributed by atoms with Crippen molar-refractivity contribution in [2.45, 2.75) is 57.9 Å². The van der Waals surface area contributed by atoms with E-state index < -0.39 is 41.8 Å². The van der Waals surface area contributed by atoms with Gasteiger partial charge in [0.1, 0.15) is 0 Å². The highest BCUT2D eigenvalue weighted by atomic mass is 19.4. The number of piperidine rings is 1. The average molecular weight is 425 g/mol. The number of nitrogens with zero attached hydrogens (tertiary/aromatic N) is 1. The van der Waals surface area contributed by atoms with Gasteiger partial charge in [-0.05, 0) is 57.8 Å². The first-order chi connectivity index (χ1) is 13.4. The zero-order valence-electron chi connectivity index (χ0n) is 16.4. The monoisotopic (exact) mass is 425 g/mol. The maximum absolute atomic E-state index is 13.4. The van der Waals surface area contributed by atoms with Crippen molar-refractivity contribution in [1.82, 2.24) is 4.90 Å². The Morgan fingerprint density at radius 1 is 1.14 bits per heavy atom. The lowest BCUT2D eigenvalue weighted by atomic mass is 9.72. The van der Waals surface area contributed by atoms with Crippen LogP contribution in [0, 0.1) is 5.41 Å². The van der Waals surface area contributed by atoms with E-state index in [1.165, 1.54) is 25.1 Å². The molecule has 0 N–H and O–H groups in total. The molecule has 3 nitrogen and oxygen atoms in total. The van der Waals surface area contributed by atoms with Gasteiger partial charge in [-0.25, -0.2) is 0 Å². The van der Waals surface area contributed by atoms with Crippen molar-refractivity contribution in [2.24, 2.45) is 5.41 Å². The van der Waals surface area contributed by atoms with Gasteiger partial charge < -0.3 is 9.64 Å². The molecular formula is C20H25F6NO2. The normalized spacial score (nSPS) is 19.0. The first-order valence-electron chi connectivity index (χ1n) is 9.51. The van der Waals surface area contributed by atoms with Crippen molar-refractivity contribution in [3.05, 3.63) is 35.4 Å². The van der Waals surface area contributed by atoms with Crippen LogP contribution in [0.2, 0.25) is 0 Å². The van der Waals surface area contributed by atoms with Gasteiger partial charge in [-0.2, -0.15) is 26.3 Å². The number of rotatable bonds is 6. The fraction of sp³-hybridized carbons (Fsp3) is 0.650. The van der Waals surface area contributed by atoms with Gasteiger partial charge in [-0.15, -0.1) is 0 Å². The molecule has 0 aliphatic carbocycles. The fourth-order valence-electron chi connectivity index (χ4n) is 3.91. The number of carbonyl (C=O) groups excluding carboxylic acids is 1. The second kappa shape index (κ2) is 8.93. The third-order valence-corrected chi connectivity index (χ3v) is 5.47. The van der Waals surface area contributed by atoms with Crippen molar-refractivity contribution >= 4 is 5.97 Å². The lowest BCUT2D eigenvalue weighted by molar-refractivity contribution is -0.162. The predicted octanol–water partition coefficient (Wildman–Crippen LogP) is 5.23. The summed E-state index contributed by atoms with van der Waals surface area (Å²) in [6.45, 7) is 3.52. The highest BCUT2D eigenvalue weighted by Gasteiger charge is 2.46. The van der Waals surface area contributed by atoms with E-state index in [1.807, 2.05) is 0 Å². The van der Waals surface area contributed by atoms with E-state index in [-0.39, 0.29) is 44.5 Å². The second-order valence-corrected chi connectivity index (χ2v) is 7.54. The highest BCUT2D eigenvalue weighted by Crippen LogP contribution is 2.41. The molecule has 0 amide bonds. The Labute approximate surface area is 166 Å². The molecule has 1 aliphatic rings. The molecule has 1 atom stereocenters. The minimum atomic E-state index is -4.56. The van der Waals surface area contributed by atoms with Crippen LogP contribution in [-0.4, -0.2) is 42.8 Å².